The third-order valence-electron chi connectivity index (χ3n) is 1.27. The topological polar surface area (TPSA) is 33.3 Å². The van der Waals surface area contributed by atoms with Gasteiger partial charge in [0.25, 0.3) is 0 Å². The minimum absolute atomic E-state index is 0. The van der Waals surface area contributed by atoms with Crippen molar-refractivity contribution in [3.8, 4) is 0 Å². The molecular weight excluding hydrogens is 215 g/mol. The van der Waals surface area contributed by atoms with E-state index in [0.29, 0.717) is 6.73 Å². The van der Waals surface area contributed by atoms with E-state index in [-0.39, 0.29) is 18.6 Å². The molecule has 0 unspecified atom stereocenters. The molecule has 0 atom stereocenters. The molecule has 0 aliphatic heterocycles. The van der Waals surface area contributed by atoms with E-state index in [1.54, 1.807) is 7.05 Å². The number of para-hydroxylation sites is 1. The first-order chi connectivity index (χ1) is 6.43. The summed E-state index contributed by atoms with van der Waals surface area (Å²) < 4.78 is 0. The molecule has 3 nitrogen and oxygen atoms in total. The fraction of sp³-hybridized carbons (Fsp3) is 0.400. The van der Waals surface area contributed by atoms with E-state index in [0.717, 1.165) is 5.69 Å². The average Bonchev–Trinajstić information content (AvgIpc) is 2.23. The second-order valence-electron chi connectivity index (χ2n) is 2.04. The van der Waals surface area contributed by atoms with Gasteiger partial charge in [-0.15, -0.1) is 0 Å². The summed E-state index contributed by atoms with van der Waals surface area (Å²) in [5.41, 5.74) is 3.63. The Labute approximate surface area is 98.1 Å². The van der Waals surface area contributed by atoms with Crippen molar-refractivity contribution in [2.24, 2.45) is 0 Å². The van der Waals surface area contributed by atoms with Gasteiger partial charge in [-0.25, -0.2) is 5.48 Å². The molecular formula is C10H18N2OV. The Balaban J connectivity index is 0. The van der Waals surface area contributed by atoms with E-state index in [9.17, 15) is 0 Å². The van der Waals surface area contributed by atoms with E-state index >= 15 is 0 Å². The quantitative estimate of drug-likeness (QED) is 0.475. The zero-order valence-electron chi connectivity index (χ0n) is 8.95. The van der Waals surface area contributed by atoms with Gasteiger partial charge in [0, 0.05) is 31.3 Å². The number of hydrogen-bond acceptors (Lipinski definition) is 3. The molecule has 0 aliphatic rings. The predicted molar refractivity (Wildman–Crippen MR) is 56.4 cm³/mol. The van der Waals surface area contributed by atoms with Crippen molar-refractivity contribution in [1.29, 1.82) is 0 Å². The average molecular weight is 233 g/mol. The first kappa shape index (κ1) is 16.0. The summed E-state index contributed by atoms with van der Waals surface area (Å²) in [7, 11) is 1.73. The Morgan fingerprint density at radius 2 is 1.71 bits per heavy atom. The summed E-state index contributed by atoms with van der Waals surface area (Å²) in [5.74, 6) is 0. The monoisotopic (exact) mass is 233 g/mol. The van der Waals surface area contributed by atoms with Crippen LogP contribution in [0.4, 0.5) is 5.69 Å². The van der Waals surface area contributed by atoms with E-state index in [1.165, 1.54) is 0 Å². The SMILES string of the molecule is CC.CNOCNc1ccccc1.[V]. The fourth-order valence-electron chi connectivity index (χ4n) is 0.748. The smallest absolute Gasteiger partial charge is 0.137 e. The molecule has 0 amide bonds. The van der Waals surface area contributed by atoms with Gasteiger partial charge in [0.2, 0.25) is 0 Å². The molecule has 0 aliphatic carbocycles. The van der Waals surface area contributed by atoms with Gasteiger partial charge < -0.3 is 5.32 Å². The molecule has 1 rings (SSSR count). The zero-order chi connectivity index (χ0) is 9.94. The summed E-state index contributed by atoms with van der Waals surface area (Å²) in [5, 5.41) is 3.06. The summed E-state index contributed by atoms with van der Waals surface area (Å²) in [6, 6.07) is 9.89. The molecule has 0 fully saturated rings. The largest absolute Gasteiger partial charge is 0.361 e. The maximum atomic E-state index is 4.88. The first-order valence-electron chi connectivity index (χ1n) is 4.51. The van der Waals surface area contributed by atoms with Gasteiger partial charge in [-0.05, 0) is 12.1 Å². The molecule has 14 heavy (non-hydrogen) atoms. The Morgan fingerprint density at radius 3 is 2.21 bits per heavy atom. The maximum absolute atomic E-state index is 4.88. The van der Waals surface area contributed by atoms with Gasteiger partial charge in [0.1, 0.15) is 6.73 Å². The Bertz CT molecular complexity index is 195. The maximum Gasteiger partial charge on any atom is 0.137 e. The van der Waals surface area contributed by atoms with Crippen molar-refractivity contribution in [3.63, 3.8) is 0 Å². The van der Waals surface area contributed by atoms with Crippen LogP contribution in [0.25, 0.3) is 0 Å². The minimum Gasteiger partial charge on any atom is -0.361 e. The standard InChI is InChI=1S/C8H12N2O.C2H6.V/c1-9-11-7-10-8-5-3-2-4-6-8;1-2;/h2-6,9-10H,7H2,1H3;1-2H3;. The van der Waals surface area contributed by atoms with Gasteiger partial charge >= 0.3 is 0 Å². The molecule has 0 heterocycles. The van der Waals surface area contributed by atoms with Crippen molar-refractivity contribution < 1.29 is 23.4 Å². The molecule has 1 radical (unpaired) electrons. The van der Waals surface area contributed by atoms with Crippen LogP contribution in [-0.2, 0) is 23.4 Å². The van der Waals surface area contributed by atoms with Crippen molar-refractivity contribution >= 4 is 5.69 Å². The van der Waals surface area contributed by atoms with Crippen molar-refractivity contribution in [3.05, 3.63) is 30.3 Å². The second-order valence-corrected chi connectivity index (χ2v) is 2.04. The number of nitrogens with one attached hydrogen (secondary N) is 2. The van der Waals surface area contributed by atoms with Crippen LogP contribution in [0.3, 0.4) is 0 Å². The number of rotatable bonds is 4. The van der Waals surface area contributed by atoms with Crippen LogP contribution in [0.2, 0.25) is 0 Å². The van der Waals surface area contributed by atoms with Crippen LogP contribution < -0.4 is 10.8 Å². The van der Waals surface area contributed by atoms with E-state index in [2.05, 4.69) is 10.8 Å². The van der Waals surface area contributed by atoms with E-state index < -0.39 is 0 Å². The summed E-state index contributed by atoms with van der Waals surface area (Å²) in [6.45, 7) is 4.47. The van der Waals surface area contributed by atoms with Crippen LogP contribution >= 0.6 is 0 Å². The predicted octanol–water partition coefficient (Wildman–Crippen LogP) is 2.23. The molecule has 0 aromatic heterocycles. The summed E-state index contributed by atoms with van der Waals surface area (Å²) in [4.78, 5) is 4.88. The van der Waals surface area contributed by atoms with Gasteiger partial charge in [0.15, 0.2) is 0 Å². The summed E-state index contributed by atoms with van der Waals surface area (Å²) >= 11 is 0. The van der Waals surface area contributed by atoms with Crippen molar-refractivity contribution in [1.82, 2.24) is 5.48 Å². The molecule has 1 aromatic carbocycles. The molecule has 0 saturated heterocycles. The number of hydroxylamine groups is 1. The molecule has 2 N–H and O–H groups in total. The summed E-state index contributed by atoms with van der Waals surface area (Å²) in [6.07, 6.45) is 0. The Morgan fingerprint density at radius 1 is 1.14 bits per heavy atom. The number of anilines is 1. The van der Waals surface area contributed by atoms with E-state index in [4.69, 9.17) is 4.84 Å². The number of benzene rings is 1. The molecule has 4 heteroatoms. The molecule has 1 aromatic rings. The van der Waals surface area contributed by atoms with E-state index in [1.807, 2.05) is 44.2 Å². The van der Waals surface area contributed by atoms with Crippen LogP contribution in [0, 0.1) is 0 Å². The van der Waals surface area contributed by atoms with Gasteiger partial charge in [-0.2, -0.15) is 0 Å². The van der Waals surface area contributed by atoms with Crippen LogP contribution in [-0.4, -0.2) is 13.8 Å². The fourth-order valence-corrected chi connectivity index (χ4v) is 0.748. The van der Waals surface area contributed by atoms with Crippen LogP contribution in [0.1, 0.15) is 13.8 Å². The third-order valence-corrected chi connectivity index (χ3v) is 1.27. The molecule has 0 spiro atoms. The number of hydrogen-bond donors (Lipinski definition) is 2. The van der Waals surface area contributed by atoms with Gasteiger partial charge in [-0.3, -0.25) is 4.84 Å². The van der Waals surface area contributed by atoms with Crippen LogP contribution in [0.15, 0.2) is 30.3 Å². The van der Waals surface area contributed by atoms with Gasteiger partial charge in [0.05, 0.1) is 0 Å². The molecule has 79 valence electrons. The molecule has 0 bridgehead atoms. The normalized spacial score (nSPS) is 7.93. The first-order valence-corrected chi connectivity index (χ1v) is 4.51. The molecule has 0 saturated carbocycles. The minimum atomic E-state index is 0. The van der Waals surface area contributed by atoms with Crippen molar-refractivity contribution in [2.45, 2.75) is 13.8 Å². The Hall–Kier alpha value is -0.476. The van der Waals surface area contributed by atoms with Gasteiger partial charge in [-0.1, -0.05) is 32.0 Å². The Kier molecular flexibility index (Phi) is 14.3. The third kappa shape index (κ3) is 8.14. The van der Waals surface area contributed by atoms with Crippen LogP contribution in [0.5, 0.6) is 0 Å². The zero-order valence-corrected chi connectivity index (χ0v) is 10.3. The second kappa shape index (κ2) is 12.5. The van der Waals surface area contributed by atoms with Crippen molar-refractivity contribution in [2.75, 3.05) is 19.1 Å².